The van der Waals surface area contributed by atoms with Gasteiger partial charge in [0.25, 0.3) is 0 Å². The van der Waals surface area contributed by atoms with E-state index in [0.29, 0.717) is 6.42 Å². The molecule has 1 heterocycles. The van der Waals surface area contributed by atoms with Crippen LogP contribution in [0.4, 0.5) is 13.2 Å². The molecule has 5 nitrogen and oxygen atoms in total. The van der Waals surface area contributed by atoms with E-state index in [1.807, 2.05) is 35.8 Å². The number of para-hydroxylation sites is 3. The van der Waals surface area contributed by atoms with Crippen LogP contribution in [-0.2, 0) is 23.9 Å². The van der Waals surface area contributed by atoms with Crippen LogP contribution in [0.3, 0.4) is 0 Å². The van der Waals surface area contributed by atoms with Crippen molar-refractivity contribution in [2.24, 2.45) is 0 Å². The molecule has 3 aromatic rings. The molecule has 0 aliphatic heterocycles. The highest BCUT2D eigenvalue weighted by molar-refractivity contribution is 5.81. The number of imidazole rings is 1. The van der Waals surface area contributed by atoms with Gasteiger partial charge < -0.3 is 14.6 Å². The molecule has 1 amide bonds. The molecule has 0 saturated carbocycles. The van der Waals surface area contributed by atoms with Crippen molar-refractivity contribution in [3.8, 4) is 5.75 Å². The SMILES string of the molecule is CCc1nc2ccccc2n1CC(=O)NC(C)COc1ccccc1C(F)(F)F. The van der Waals surface area contributed by atoms with Crippen molar-refractivity contribution in [3.63, 3.8) is 0 Å². The zero-order chi connectivity index (χ0) is 21.0. The van der Waals surface area contributed by atoms with Crippen LogP contribution in [0.25, 0.3) is 11.0 Å². The van der Waals surface area contributed by atoms with Crippen LogP contribution in [0.5, 0.6) is 5.75 Å². The van der Waals surface area contributed by atoms with Crippen LogP contribution in [0.15, 0.2) is 48.5 Å². The molecular weight excluding hydrogens is 383 g/mol. The summed E-state index contributed by atoms with van der Waals surface area (Å²) >= 11 is 0. The van der Waals surface area contributed by atoms with Gasteiger partial charge in [-0.25, -0.2) is 4.98 Å². The predicted octanol–water partition coefficient (Wildman–Crippen LogP) is 4.20. The zero-order valence-corrected chi connectivity index (χ0v) is 16.2. The second-order valence-corrected chi connectivity index (χ2v) is 6.73. The first-order valence-electron chi connectivity index (χ1n) is 9.32. The second-order valence-electron chi connectivity index (χ2n) is 6.73. The fourth-order valence-corrected chi connectivity index (χ4v) is 3.12. The molecule has 1 aromatic heterocycles. The van der Waals surface area contributed by atoms with Gasteiger partial charge in [-0.2, -0.15) is 13.2 Å². The molecule has 154 valence electrons. The number of benzene rings is 2. The van der Waals surface area contributed by atoms with E-state index in [2.05, 4.69) is 10.3 Å². The minimum atomic E-state index is -4.50. The Kier molecular flexibility index (Phi) is 6.10. The van der Waals surface area contributed by atoms with E-state index in [-0.39, 0.29) is 24.8 Å². The minimum Gasteiger partial charge on any atom is -0.491 e. The molecule has 0 spiro atoms. The largest absolute Gasteiger partial charge is 0.491 e. The molecule has 2 aromatic carbocycles. The standard InChI is InChI=1S/C21H22F3N3O2/c1-3-19-26-16-9-5-6-10-17(16)27(19)12-20(28)25-14(2)13-29-18-11-7-4-8-15(18)21(22,23)24/h4-11,14H,3,12-13H2,1-2H3,(H,25,28). The average molecular weight is 405 g/mol. The smallest absolute Gasteiger partial charge is 0.419 e. The minimum absolute atomic E-state index is 0.0766. The van der Waals surface area contributed by atoms with Gasteiger partial charge >= 0.3 is 6.18 Å². The summed E-state index contributed by atoms with van der Waals surface area (Å²) in [5.41, 5.74) is 0.843. The van der Waals surface area contributed by atoms with E-state index >= 15 is 0 Å². The summed E-state index contributed by atoms with van der Waals surface area (Å²) in [5, 5.41) is 2.77. The lowest BCUT2D eigenvalue weighted by molar-refractivity contribution is -0.139. The molecule has 0 bridgehead atoms. The maximum atomic E-state index is 13.0. The van der Waals surface area contributed by atoms with Crippen molar-refractivity contribution < 1.29 is 22.7 Å². The van der Waals surface area contributed by atoms with Gasteiger partial charge in [-0.1, -0.05) is 31.2 Å². The van der Waals surface area contributed by atoms with Gasteiger partial charge in [0.15, 0.2) is 0 Å². The van der Waals surface area contributed by atoms with Gasteiger partial charge in [0.1, 0.15) is 24.7 Å². The zero-order valence-electron chi connectivity index (χ0n) is 16.2. The Balaban J connectivity index is 1.63. The van der Waals surface area contributed by atoms with E-state index in [4.69, 9.17) is 4.74 Å². The molecule has 0 fully saturated rings. The first-order valence-corrected chi connectivity index (χ1v) is 9.32. The van der Waals surface area contributed by atoms with E-state index in [1.165, 1.54) is 18.2 Å². The van der Waals surface area contributed by atoms with Gasteiger partial charge in [-0.05, 0) is 31.2 Å². The van der Waals surface area contributed by atoms with Crippen molar-refractivity contribution >= 4 is 16.9 Å². The van der Waals surface area contributed by atoms with Gasteiger partial charge in [-0.3, -0.25) is 4.79 Å². The highest BCUT2D eigenvalue weighted by Crippen LogP contribution is 2.35. The number of nitrogens with one attached hydrogen (secondary N) is 1. The summed E-state index contributed by atoms with van der Waals surface area (Å²) in [5.74, 6) is 0.280. The summed E-state index contributed by atoms with van der Waals surface area (Å²) in [7, 11) is 0. The lowest BCUT2D eigenvalue weighted by Crippen LogP contribution is -2.39. The fourth-order valence-electron chi connectivity index (χ4n) is 3.12. The first kappa shape index (κ1) is 20.7. The Bertz CT molecular complexity index is 998. The third kappa shape index (κ3) is 4.88. The van der Waals surface area contributed by atoms with Crippen molar-refractivity contribution in [3.05, 3.63) is 59.9 Å². The number of hydrogen-bond acceptors (Lipinski definition) is 3. The number of ether oxygens (including phenoxy) is 1. The van der Waals surface area contributed by atoms with Crippen LogP contribution in [-0.4, -0.2) is 28.1 Å². The Hall–Kier alpha value is -3.03. The number of aryl methyl sites for hydroxylation is 1. The number of fused-ring (bicyclic) bond motifs is 1. The molecule has 1 unspecified atom stereocenters. The summed E-state index contributed by atoms with van der Waals surface area (Å²) in [6.45, 7) is 3.64. The molecule has 8 heteroatoms. The van der Waals surface area contributed by atoms with Crippen LogP contribution in [0.2, 0.25) is 0 Å². The molecule has 0 aliphatic rings. The van der Waals surface area contributed by atoms with Crippen LogP contribution in [0, 0.1) is 0 Å². The van der Waals surface area contributed by atoms with Gasteiger partial charge in [0.05, 0.1) is 22.6 Å². The van der Waals surface area contributed by atoms with E-state index in [0.717, 1.165) is 22.9 Å². The van der Waals surface area contributed by atoms with Crippen LogP contribution in [0.1, 0.15) is 25.2 Å². The maximum absolute atomic E-state index is 13.0. The summed E-state index contributed by atoms with van der Waals surface area (Å²) in [4.78, 5) is 17.0. The first-order chi connectivity index (χ1) is 13.8. The Morgan fingerprint density at radius 3 is 2.59 bits per heavy atom. The monoisotopic (exact) mass is 405 g/mol. The Morgan fingerprint density at radius 2 is 1.86 bits per heavy atom. The van der Waals surface area contributed by atoms with Crippen LogP contribution >= 0.6 is 0 Å². The van der Waals surface area contributed by atoms with Crippen molar-refractivity contribution in [1.29, 1.82) is 0 Å². The average Bonchev–Trinajstić information content (AvgIpc) is 3.03. The van der Waals surface area contributed by atoms with Crippen molar-refractivity contribution in [1.82, 2.24) is 14.9 Å². The number of rotatable bonds is 7. The number of alkyl halides is 3. The normalized spacial score (nSPS) is 12.7. The third-order valence-electron chi connectivity index (χ3n) is 4.44. The Morgan fingerprint density at radius 1 is 1.17 bits per heavy atom. The van der Waals surface area contributed by atoms with Gasteiger partial charge in [0, 0.05) is 6.42 Å². The number of hydrogen-bond donors (Lipinski definition) is 1. The summed E-state index contributed by atoms with van der Waals surface area (Å²) in [6.07, 6.45) is -3.82. The number of carbonyl (C=O) groups is 1. The van der Waals surface area contributed by atoms with Gasteiger partial charge in [0.2, 0.25) is 5.91 Å². The molecule has 0 aliphatic carbocycles. The summed E-state index contributed by atoms with van der Waals surface area (Å²) in [6, 6.07) is 12.1. The molecule has 0 radical (unpaired) electrons. The quantitative estimate of drug-likeness (QED) is 0.641. The molecule has 3 rings (SSSR count). The molecule has 29 heavy (non-hydrogen) atoms. The number of aromatic nitrogens is 2. The molecular formula is C21H22F3N3O2. The van der Waals surface area contributed by atoms with Crippen LogP contribution < -0.4 is 10.1 Å². The number of carbonyl (C=O) groups excluding carboxylic acids is 1. The number of nitrogens with zero attached hydrogens (tertiary/aromatic N) is 2. The predicted molar refractivity (Wildman–Crippen MR) is 104 cm³/mol. The molecule has 0 saturated heterocycles. The highest BCUT2D eigenvalue weighted by Gasteiger charge is 2.34. The third-order valence-corrected chi connectivity index (χ3v) is 4.44. The van der Waals surface area contributed by atoms with Gasteiger partial charge in [-0.15, -0.1) is 0 Å². The lowest BCUT2D eigenvalue weighted by atomic mass is 10.2. The topological polar surface area (TPSA) is 56.2 Å². The van der Waals surface area contributed by atoms with Crippen molar-refractivity contribution in [2.75, 3.05) is 6.61 Å². The van der Waals surface area contributed by atoms with E-state index in [9.17, 15) is 18.0 Å². The summed E-state index contributed by atoms with van der Waals surface area (Å²) < 4.78 is 46.3. The number of amides is 1. The molecule has 1 N–H and O–H groups in total. The number of halogens is 3. The van der Waals surface area contributed by atoms with Crippen molar-refractivity contribution in [2.45, 2.75) is 39.0 Å². The second kappa shape index (κ2) is 8.55. The molecule has 1 atom stereocenters. The lowest BCUT2D eigenvalue weighted by Gasteiger charge is -2.18. The fraction of sp³-hybridized carbons (Fsp3) is 0.333. The Labute approximate surface area is 166 Å². The highest BCUT2D eigenvalue weighted by atomic mass is 19.4. The van der Waals surface area contributed by atoms with E-state index in [1.54, 1.807) is 6.92 Å². The maximum Gasteiger partial charge on any atom is 0.419 e. The van der Waals surface area contributed by atoms with E-state index < -0.39 is 17.8 Å².